The summed E-state index contributed by atoms with van der Waals surface area (Å²) >= 11 is 1.08. The van der Waals surface area contributed by atoms with Crippen molar-refractivity contribution >= 4 is 50.8 Å². The number of carbonyl (C=O) groups is 1. The Morgan fingerprint density at radius 3 is 2.42 bits per heavy atom. The fourth-order valence-corrected chi connectivity index (χ4v) is 4.90. The van der Waals surface area contributed by atoms with Crippen LogP contribution in [0.25, 0.3) is 12.2 Å². The Kier molecular flexibility index (Phi) is 6.66. The van der Waals surface area contributed by atoms with Gasteiger partial charge in [-0.15, -0.1) is 11.3 Å². The lowest BCUT2D eigenvalue weighted by Gasteiger charge is -2.10. The number of anilines is 2. The number of carbonyl (C=O) groups excluding carboxylic acids is 1. The molecule has 2 N–H and O–H groups in total. The van der Waals surface area contributed by atoms with E-state index in [2.05, 4.69) is 15.2 Å². The van der Waals surface area contributed by atoms with Crippen LogP contribution in [0.2, 0.25) is 0 Å². The van der Waals surface area contributed by atoms with Gasteiger partial charge in [0.15, 0.2) is 5.76 Å². The lowest BCUT2D eigenvalue weighted by Crippen LogP contribution is -2.11. The average Bonchev–Trinajstić information content (AvgIpc) is 3.33. The third-order valence-electron chi connectivity index (χ3n) is 4.06. The molecule has 31 heavy (non-hydrogen) atoms. The number of nitrogens with zero attached hydrogens (tertiary/aromatic N) is 1. The van der Waals surface area contributed by atoms with Crippen LogP contribution in [-0.4, -0.2) is 33.7 Å². The number of aryl methyl sites for hydroxylation is 1. The van der Waals surface area contributed by atoms with Crippen molar-refractivity contribution in [3.05, 3.63) is 46.7 Å². The zero-order chi connectivity index (χ0) is 22.6. The van der Waals surface area contributed by atoms with Crippen molar-refractivity contribution in [2.24, 2.45) is 0 Å². The van der Waals surface area contributed by atoms with Crippen LogP contribution >= 0.6 is 11.3 Å². The molecule has 3 rings (SSSR count). The highest BCUT2D eigenvalue weighted by Gasteiger charge is 2.18. The van der Waals surface area contributed by atoms with Gasteiger partial charge in [-0.2, -0.15) is 0 Å². The predicted molar refractivity (Wildman–Crippen MR) is 119 cm³/mol. The molecule has 0 atom stereocenters. The zero-order valence-corrected chi connectivity index (χ0v) is 18.9. The molecule has 2 aromatic heterocycles. The van der Waals surface area contributed by atoms with E-state index in [-0.39, 0.29) is 10.1 Å². The minimum Gasteiger partial charge on any atom is -0.497 e. The number of rotatable bonds is 8. The molecule has 0 bridgehead atoms. The minimum atomic E-state index is -3.81. The van der Waals surface area contributed by atoms with Crippen molar-refractivity contribution < 1.29 is 27.2 Å². The molecule has 3 aromatic rings. The molecular weight excluding hydrogens is 442 g/mol. The van der Waals surface area contributed by atoms with Gasteiger partial charge in [0.2, 0.25) is 5.91 Å². The Hall–Kier alpha value is -3.31. The molecule has 0 fully saturated rings. The number of ether oxygens (including phenoxy) is 2. The quantitative estimate of drug-likeness (QED) is 0.518. The summed E-state index contributed by atoms with van der Waals surface area (Å²) < 4.78 is 43.8. The topological polar surface area (TPSA) is 120 Å². The van der Waals surface area contributed by atoms with Crippen molar-refractivity contribution in [1.82, 2.24) is 5.16 Å². The number of benzene rings is 1. The molecule has 0 saturated heterocycles. The molecule has 0 spiro atoms. The van der Waals surface area contributed by atoms with Crippen molar-refractivity contribution in [3.8, 4) is 11.5 Å². The first-order valence-corrected chi connectivity index (χ1v) is 11.3. The van der Waals surface area contributed by atoms with Crippen LogP contribution in [-0.2, 0) is 14.8 Å². The molecular formula is C20H21N3O6S2. The maximum atomic E-state index is 12.8. The van der Waals surface area contributed by atoms with E-state index in [0.29, 0.717) is 39.2 Å². The standard InChI is InChI=1S/C20H21N3O6S2/c1-12-20(21-13(2)24)18(29-22-12)7-5-17-6-8-19(30-17)31(25,26)23-14-9-15(27-3)11-16(10-14)28-4/h5-11,23H,1-4H3,(H,21,24)/b7-5+. The minimum absolute atomic E-state index is 0.129. The summed E-state index contributed by atoms with van der Waals surface area (Å²) in [5.74, 6) is 1.05. The highest BCUT2D eigenvalue weighted by Crippen LogP contribution is 2.30. The fraction of sp³-hybridized carbons (Fsp3) is 0.200. The molecule has 0 aliphatic rings. The number of methoxy groups -OCH3 is 2. The van der Waals surface area contributed by atoms with Crippen LogP contribution in [0.15, 0.2) is 39.1 Å². The molecule has 1 aromatic carbocycles. The summed E-state index contributed by atoms with van der Waals surface area (Å²) in [4.78, 5) is 12.0. The monoisotopic (exact) mass is 463 g/mol. The lowest BCUT2D eigenvalue weighted by molar-refractivity contribution is -0.114. The smallest absolute Gasteiger partial charge is 0.271 e. The van der Waals surface area contributed by atoms with Crippen molar-refractivity contribution in [1.29, 1.82) is 0 Å². The van der Waals surface area contributed by atoms with Crippen LogP contribution in [0, 0.1) is 6.92 Å². The van der Waals surface area contributed by atoms with Gasteiger partial charge in [-0.25, -0.2) is 8.42 Å². The summed E-state index contributed by atoms with van der Waals surface area (Å²) in [5.41, 5.74) is 1.34. The van der Waals surface area contributed by atoms with Gasteiger partial charge < -0.3 is 19.3 Å². The van der Waals surface area contributed by atoms with Gasteiger partial charge in [-0.1, -0.05) is 5.16 Å². The molecule has 2 heterocycles. The Bertz CT molecular complexity index is 1210. The second kappa shape index (κ2) is 9.23. The number of hydrogen-bond acceptors (Lipinski definition) is 8. The SMILES string of the molecule is COc1cc(NS(=O)(=O)c2ccc(/C=C/c3onc(C)c3NC(C)=O)s2)cc(OC)c1. The van der Waals surface area contributed by atoms with Crippen LogP contribution in [0.4, 0.5) is 11.4 Å². The number of amides is 1. The van der Waals surface area contributed by atoms with E-state index < -0.39 is 10.0 Å². The van der Waals surface area contributed by atoms with E-state index in [9.17, 15) is 13.2 Å². The largest absolute Gasteiger partial charge is 0.497 e. The second-order valence-electron chi connectivity index (χ2n) is 6.39. The first-order valence-electron chi connectivity index (χ1n) is 8.99. The van der Waals surface area contributed by atoms with Crippen LogP contribution in [0.1, 0.15) is 23.3 Å². The maximum Gasteiger partial charge on any atom is 0.271 e. The van der Waals surface area contributed by atoms with E-state index in [0.717, 1.165) is 11.3 Å². The number of hydrogen-bond donors (Lipinski definition) is 2. The van der Waals surface area contributed by atoms with Crippen LogP contribution < -0.4 is 19.5 Å². The van der Waals surface area contributed by atoms with E-state index >= 15 is 0 Å². The number of thiophene rings is 1. The number of sulfonamides is 1. The van der Waals surface area contributed by atoms with Gasteiger partial charge in [0.1, 0.15) is 27.1 Å². The summed E-state index contributed by atoms with van der Waals surface area (Å²) in [6.07, 6.45) is 3.30. The molecule has 1 amide bonds. The normalized spacial score (nSPS) is 11.5. The molecule has 0 aliphatic carbocycles. The third-order valence-corrected chi connectivity index (χ3v) is 6.98. The van der Waals surface area contributed by atoms with Gasteiger partial charge in [-0.05, 0) is 31.2 Å². The highest BCUT2D eigenvalue weighted by molar-refractivity contribution is 7.94. The van der Waals surface area contributed by atoms with E-state index in [1.807, 2.05) is 0 Å². The summed E-state index contributed by atoms with van der Waals surface area (Å²) in [5, 5.41) is 6.50. The van der Waals surface area contributed by atoms with Crippen LogP contribution in [0.3, 0.4) is 0 Å². The third kappa shape index (κ3) is 5.44. The zero-order valence-electron chi connectivity index (χ0n) is 17.3. The Balaban J connectivity index is 1.80. The van der Waals surface area contributed by atoms with E-state index in [1.165, 1.54) is 27.2 Å². The summed E-state index contributed by atoms with van der Waals surface area (Å²) in [7, 11) is -0.846. The van der Waals surface area contributed by atoms with Crippen molar-refractivity contribution in [2.45, 2.75) is 18.1 Å². The Morgan fingerprint density at radius 2 is 1.81 bits per heavy atom. The van der Waals surface area contributed by atoms with Gasteiger partial charge in [0.05, 0.1) is 19.9 Å². The predicted octanol–water partition coefficient (Wildman–Crippen LogP) is 3.99. The Labute approximate surface area is 183 Å². The molecule has 0 saturated carbocycles. The molecule has 11 heteroatoms. The Morgan fingerprint density at radius 1 is 1.13 bits per heavy atom. The second-order valence-corrected chi connectivity index (χ2v) is 9.41. The molecule has 0 radical (unpaired) electrons. The fourth-order valence-electron chi connectivity index (χ4n) is 2.63. The number of aromatic nitrogens is 1. The summed E-state index contributed by atoms with van der Waals surface area (Å²) in [6.45, 7) is 3.10. The lowest BCUT2D eigenvalue weighted by atomic mass is 10.2. The van der Waals surface area contributed by atoms with E-state index in [4.69, 9.17) is 14.0 Å². The van der Waals surface area contributed by atoms with Crippen LogP contribution in [0.5, 0.6) is 11.5 Å². The van der Waals surface area contributed by atoms with Crippen molar-refractivity contribution in [3.63, 3.8) is 0 Å². The van der Waals surface area contributed by atoms with E-state index in [1.54, 1.807) is 43.3 Å². The van der Waals surface area contributed by atoms with Gasteiger partial charge >= 0.3 is 0 Å². The first kappa shape index (κ1) is 22.4. The first-order chi connectivity index (χ1) is 14.7. The maximum absolute atomic E-state index is 12.8. The van der Waals surface area contributed by atoms with Crippen molar-refractivity contribution in [2.75, 3.05) is 24.3 Å². The molecule has 9 nitrogen and oxygen atoms in total. The molecule has 164 valence electrons. The average molecular weight is 464 g/mol. The van der Waals surface area contributed by atoms with Gasteiger partial charge in [0, 0.05) is 30.0 Å². The van der Waals surface area contributed by atoms with Gasteiger partial charge in [-0.3, -0.25) is 9.52 Å². The molecule has 0 aliphatic heterocycles. The highest BCUT2D eigenvalue weighted by atomic mass is 32.2. The summed E-state index contributed by atoms with van der Waals surface area (Å²) in [6, 6.07) is 7.94. The molecule has 0 unspecified atom stereocenters. The van der Waals surface area contributed by atoms with Gasteiger partial charge in [0.25, 0.3) is 10.0 Å². The number of nitrogens with one attached hydrogen (secondary N) is 2.